The van der Waals surface area contributed by atoms with Crippen LogP contribution in [0.2, 0.25) is 4.34 Å². The van der Waals surface area contributed by atoms with E-state index < -0.39 is 12.0 Å². The van der Waals surface area contributed by atoms with Crippen molar-refractivity contribution in [1.82, 2.24) is 4.90 Å². The second-order valence-corrected chi connectivity index (χ2v) is 5.37. The van der Waals surface area contributed by atoms with Gasteiger partial charge in [0, 0.05) is 4.88 Å². The Hall–Kier alpha value is -0.580. The molecule has 2 rings (SSSR count). The molecular weight excluding hydrogens is 234 g/mol. The van der Waals surface area contributed by atoms with E-state index >= 15 is 0 Å². The first kappa shape index (κ1) is 10.9. The van der Waals surface area contributed by atoms with Crippen LogP contribution in [0, 0.1) is 0 Å². The van der Waals surface area contributed by atoms with Gasteiger partial charge in [-0.15, -0.1) is 11.3 Å². The van der Waals surface area contributed by atoms with Crippen LogP contribution in [0.3, 0.4) is 0 Å². The molecule has 1 aliphatic heterocycles. The third kappa shape index (κ3) is 2.33. The molecule has 1 atom stereocenters. The van der Waals surface area contributed by atoms with Crippen molar-refractivity contribution in [2.24, 2.45) is 0 Å². The van der Waals surface area contributed by atoms with Crippen LogP contribution >= 0.6 is 22.9 Å². The summed E-state index contributed by atoms with van der Waals surface area (Å²) in [6.07, 6.45) is 2.17. The van der Waals surface area contributed by atoms with Crippen molar-refractivity contribution < 1.29 is 9.90 Å². The van der Waals surface area contributed by atoms with E-state index in [1.165, 1.54) is 11.3 Å². The molecule has 2 heterocycles. The molecule has 0 aromatic carbocycles. The largest absolute Gasteiger partial charge is 0.480 e. The van der Waals surface area contributed by atoms with Crippen LogP contribution in [0.5, 0.6) is 0 Å². The van der Waals surface area contributed by atoms with Crippen LogP contribution in [0.1, 0.15) is 23.8 Å². The number of aliphatic carboxylic acids is 1. The first-order valence-corrected chi connectivity index (χ1v) is 6.10. The van der Waals surface area contributed by atoms with Gasteiger partial charge >= 0.3 is 5.97 Å². The van der Waals surface area contributed by atoms with E-state index in [1.54, 1.807) is 6.07 Å². The lowest BCUT2D eigenvalue weighted by Gasteiger charge is -2.22. The zero-order valence-corrected chi connectivity index (χ0v) is 9.72. The summed E-state index contributed by atoms with van der Waals surface area (Å²) in [5.41, 5.74) is 0. The van der Waals surface area contributed by atoms with E-state index in [9.17, 15) is 9.90 Å². The summed E-state index contributed by atoms with van der Waals surface area (Å²) in [4.78, 5) is 14.1. The Labute approximate surface area is 97.3 Å². The summed E-state index contributed by atoms with van der Waals surface area (Å²) in [6, 6.07) is 3.06. The molecule has 1 N–H and O–H groups in total. The molecule has 1 unspecified atom stereocenters. The van der Waals surface area contributed by atoms with Gasteiger partial charge < -0.3 is 5.11 Å². The third-order valence-corrected chi connectivity index (χ3v) is 3.89. The van der Waals surface area contributed by atoms with Crippen molar-refractivity contribution in [3.8, 4) is 0 Å². The molecule has 82 valence electrons. The number of carboxylic acids is 1. The maximum atomic E-state index is 11.2. The molecule has 3 nitrogen and oxygen atoms in total. The van der Waals surface area contributed by atoms with Gasteiger partial charge in [-0.1, -0.05) is 11.6 Å². The number of hydrogen-bond acceptors (Lipinski definition) is 3. The van der Waals surface area contributed by atoms with Crippen LogP contribution in [-0.2, 0) is 4.79 Å². The first-order valence-electron chi connectivity index (χ1n) is 4.90. The summed E-state index contributed by atoms with van der Waals surface area (Å²) in [7, 11) is 0. The van der Waals surface area contributed by atoms with Gasteiger partial charge in [0.15, 0.2) is 0 Å². The van der Waals surface area contributed by atoms with Gasteiger partial charge in [-0.05, 0) is 38.1 Å². The Morgan fingerprint density at radius 1 is 1.47 bits per heavy atom. The molecule has 0 aliphatic carbocycles. The summed E-state index contributed by atoms with van der Waals surface area (Å²) in [5, 5.41) is 9.22. The lowest BCUT2D eigenvalue weighted by atomic mass is 10.2. The number of carbonyl (C=O) groups is 1. The Balaban J connectivity index is 2.22. The highest BCUT2D eigenvalue weighted by molar-refractivity contribution is 7.16. The van der Waals surface area contributed by atoms with Crippen molar-refractivity contribution in [1.29, 1.82) is 0 Å². The van der Waals surface area contributed by atoms with Crippen molar-refractivity contribution >= 4 is 28.9 Å². The molecule has 1 aromatic heterocycles. The summed E-state index contributed by atoms with van der Waals surface area (Å²) in [5.74, 6) is -0.782. The molecular formula is C10H12ClNO2S. The predicted molar refractivity (Wildman–Crippen MR) is 60.5 cm³/mol. The van der Waals surface area contributed by atoms with Crippen LogP contribution in [0.15, 0.2) is 12.1 Å². The van der Waals surface area contributed by atoms with Crippen molar-refractivity contribution in [2.45, 2.75) is 18.9 Å². The molecule has 0 bridgehead atoms. The number of nitrogens with zero attached hydrogens (tertiary/aromatic N) is 1. The minimum absolute atomic E-state index is 0.509. The maximum absolute atomic E-state index is 11.2. The van der Waals surface area contributed by atoms with Gasteiger partial charge in [0.1, 0.15) is 6.04 Å². The second-order valence-electron chi connectivity index (χ2n) is 3.63. The topological polar surface area (TPSA) is 40.5 Å². The molecule has 1 aromatic rings. The van der Waals surface area contributed by atoms with Gasteiger partial charge in [0.25, 0.3) is 0 Å². The highest BCUT2D eigenvalue weighted by Gasteiger charge is 2.30. The van der Waals surface area contributed by atoms with E-state index in [4.69, 9.17) is 11.6 Å². The smallest absolute Gasteiger partial charge is 0.326 e. The highest BCUT2D eigenvalue weighted by atomic mass is 35.5. The lowest BCUT2D eigenvalue weighted by molar-refractivity contribution is -0.143. The van der Waals surface area contributed by atoms with Gasteiger partial charge in [0.2, 0.25) is 0 Å². The molecule has 1 aliphatic rings. The molecule has 0 amide bonds. The maximum Gasteiger partial charge on any atom is 0.326 e. The van der Waals surface area contributed by atoms with Crippen LogP contribution in [-0.4, -0.2) is 29.1 Å². The Bertz CT molecular complexity index is 360. The summed E-state index contributed by atoms with van der Waals surface area (Å²) >= 11 is 7.18. The minimum atomic E-state index is -0.782. The molecule has 0 spiro atoms. The molecule has 5 heteroatoms. The van der Waals surface area contributed by atoms with Crippen LogP contribution in [0.4, 0.5) is 0 Å². The van der Waals surface area contributed by atoms with Gasteiger partial charge in [-0.2, -0.15) is 0 Å². The highest BCUT2D eigenvalue weighted by Crippen LogP contribution is 2.32. The predicted octanol–water partition coefficient (Wildman–Crippen LogP) is 2.62. The SMILES string of the molecule is O=C(O)C(c1ccc(Cl)s1)N1CCCC1. The molecule has 15 heavy (non-hydrogen) atoms. The van der Waals surface area contributed by atoms with E-state index in [-0.39, 0.29) is 0 Å². The van der Waals surface area contributed by atoms with Crippen molar-refractivity contribution in [2.75, 3.05) is 13.1 Å². The Morgan fingerprint density at radius 3 is 2.60 bits per heavy atom. The molecule has 1 fully saturated rings. The summed E-state index contributed by atoms with van der Waals surface area (Å²) < 4.78 is 0.649. The Morgan fingerprint density at radius 2 is 2.13 bits per heavy atom. The van der Waals surface area contributed by atoms with E-state index in [1.807, 2.05) is 11.0 Å². The first-order chi connectivity index (χ1) is 7.18. The van der Waals surface area contributed by atoms with Gasteiger partial charge in [0.05, 0.1) is 4.34 Å². The van der Waals surface area contributed by atoms with Crippen molar-refractivity contribution in [3.05, 3.63) is 21.3 Å². The minimum Gasteiger partial charge on any atom is -0.480 e. The van der Waals surface area contributed by atoms with Gasteiger partial charge in [-0.3, -0.25) is 9.69 Å². The lowest BCUT2D eigenvalue weighted by Crippen LogP contribution is -2.31. The zero-order valence-electron chi connectivity index (χ0n) is 8.15. The molecule has 1 saturated heterocycles. The fourth-order valence-electron chi connectivity index (χ4n) is 1.93. The average molecular weight is 246 g/mol. The van der Waals surface area contributed by atoms with Crippen molar-refractivity contribution in [3.63, 3.8) is 0 Å². The van der Waals surface area contributed by atoms with Gasteiger partial charge in [-0.25, -0.2) is 0 Å². The monoisotopic (exact) mass is 245 g/mol. The van der Waals surface area contributed by atoms with E-state index in [2.05, 4.69) is 0 Å². The second kappa shape index (κ2) is 4.51. The third-order valence-electron chi connectivity index (χ3n) is 2.60. The van der Waals surface area contributed by atoms with E-state index in [0.29, 0.717) is 4.34 Å². The van der Waals surface area contributed by atoms with Crippen LogP contribution < -0.4 is 0 Å². The number of likely N-dealkylation sites (tertiary alicyclic amines) is 1. The Kier molecular flexibility index (Phi) is 3.29. The number of carboxylic acid groups (broad SMARTS) is 1. The number of hydrogen-bond donors (Lipinski definition) is 1. The normalized spacial score (nSPS) is 19.3. The molecule has 0 radical (unpaired) electrons. The fraction of sp³-hybridized carbons (Fsp3) is 0.500. The number of thiophene rings is 1. The van der Waals surface area contributed by atoms with E-state index in [0.717, 1.165) is 30.8 Å². The number of halogens is 1. The fourth-order valence-corrected chi connectivity index (χ4v) is 3.12. The quantitative estimate of drug-likeness (QED) is 0.890. The summed E-state index contributed by atoms with van der Waals surface area (Å²) in [6.45, 7) is 1.74. The standard InChI is InChI=1S/C10H12ClNO2S/c11-8-4-3-7(15-8)9(10(13)14)12-5-1-2-6-12/h3-4,9H,1-2,5-6H2,(H,13,14). The molecule has 0 saturated carbocycles. The zero-order chi connectivity index (χ0) is 10.8. The van der Waals surface area contributed by atoms with Crippen LogP contribution in [0.25, 0.3) is 0 Å². The average Bonchev–Trinajstić information content (AvgIpc) is 2.77. The number of rotatable bonds is 3.